The fourth-order valence-corrected chi connectivity index (χ4v) is 1.32. The minimum atomic E-state index is -0.598. The van der Waals surface area contributed by atoms with E-state index in [9.17, 15) is 5.11 Å². The number of hydrogen-bond donors (Lipinski definition) is 2. The number of rotatable bonds is 5. The summed E-state index contributed by atoms with van der Waals surface area (Å²) in [6, 6.07) is 9.91. The van der Waals surface area contributed by atoms with Crippen LogP contribution >= 0.6 is 0 Å². The lowest BCUT2D eigenvalue weighted by Crippen LogP contribution is -2.33. The van der Waals surface area contributed by atoms with Gasteiger partial charge in [-0.3, -0.25) is 0 Å². The van der Waals surface area contributed by atoms with Gasteiger partial charge < -0.3 is 10.8 Å². The summed E-state index contributed by atoms with van der Waals surface area (Å²) in [6.07, 6.45) is 2.55. The van der Waals surface area contributed by atoms with Crippen molar-refractivity contribution in [2.75, 3.05) is 0 Å². The zero-order valence-corrected chi connectivity index (χ0v) is 8.26. The molecular weight excluding hydrogens is 174 g/mol. The second-order valence-electron chi connectivity index (χ2n) is 3.41. The Morgan fingerprint density at radius 1 is 1.36 bits per heavy atom. The molecule has 0 radical (unpaired) electrons. The molecule has 2 heteroatoms. The number of benzene rings is 1. The minimum absolute atomic E-state index is 0.215. The smallest absolute Gasteiger partial charge is 0.0869 e. The average Bonchev–Trinajstić information content (AvgIpc) is 2.26. The van der Waals surface area contributed by atoms with Crippen LogP contribution in [0.1, 0.15) is 12.0 Å². The fraction of sp³-hybridized carbons (Fsp3) is 0.333. The summed E-state index contributed by atoms with van der Waals surface area (Å²) in [5, 5.41) is 9.36. The van der Waals surface area contributed by atoms with Crippen LogP contribution in [0.2, 0.25) is 0 Å². The highest BCUT2D eigenvalue weighted by Gasteiger charge is 2.10. The van der Waals surface area contributed by atoms with Gasteiger partial charge in [0, 0.05) is 6.04 Å². The van der Waals surface area contributed by atoms with Gasteiger partial charge in [0.05, 0.1) is 6.10 Å². The van der Waals surface area contributed by atoms with E-state index in [1.807, 2.05) is 18.2 Å². The Labute approximate surface area is 85.1 Å². The Bertz CT molecular complexity index is 271. The third kappa shape index (κ3) is 3.32. The molecule has 0 saturated heterocycles. The molecule has 14 heavy (non-hydrogen) atoms. The van der Waals surface area contributed by atoms with Gasteiger partial charge in [-0.05, 0) is 18.4 Å². The number of nitrogens with two attached hydrogens (primary N) is 1. The second kappa shape index (κ2) is 5.58. The van der Waals surface area contributed by atoms with E-state index in [2.05, 4.69) is 18.7 Å². The van der Waals surface area contributed by atoms with Crippen LogP contribution in [-0.2, 0) is 6.42 Å². The van der Waals surface area contributed by atoms with Crippen LogP contribution in [0.25, 0.3) is 0 Å². The molecule has 0 aliphatic heterocycles. The Balaban J connectivity index is 2.37. The molecule has 1 aromatic carbocycles. The summed E-state index contributed by atoms with van der Waals surface area (Å²) >= 11 is 0. The molecule has 0 amide bonds. The summed E-state index contributed by atoms with van der Waals surface area (Å²) in [6.45, 7) is 3.51. The maximum absolute atomic E-state index is 9.36. The van der Waals surface area contributed by atoms with E-state index in [4.69, 9.17) is 5.73 Å². The van der Waals surface area contributed by atoms with E-state index < -0.39 is 6.10 Å². The van der Waals surface area contributed by atoms with Crippen LogP contribution in [0.4, 0.5) is 0 Å². The monoisotopic (exact) mass is 191 g/mol. The first-order valence-corrected chi connectivity index (χ1v) is 4.84. The number of aryl methyl sites for hydroxylation is 1. The normalized spacial score (nSPS) is 14.7. The number of aliphatic hydroxyl groups excluding tert-OH is 1. The van der Waals surface area contributed by atoms with Crippen LogP contribution in [0.5, 0.6) is 0 Å². The van der Waals surface area contributed by atoms with E-state index in [1.165, 1.54) is 11.6 Å². The van der Waals surface area contributed by atoms with Gasteiger partial charge >= 0.3 is 0 Å². The van der Waals surface area contributed by atoms with E-state index in [0.29, 0.717) is 0 Å². The molecule has 0 aliphatic rings. The molecule has 1 rings (SSSR count). The predicted octanol–water partition coefficient (Wildman–Crippen LogP) is 1.49. The summed E-state index contributed by atoms with van der Waals surface area (Å²) in [5.74, 6) is 0. The van der Waals surface area contributed by atoms with Gasteiger partial charge in [-0.1, -0.05) is 36.4 Å². The van der Waals surface area contributed by atoms with Crippen LogP contribution in [-0.4, -0.2) is 17.3 Å². The number of aliphatic hydroxyl groups is 1. The third-order valence-corrected chi connectivity index (χ3v) is 2.29. The maximum atomic E-state index is 9.36. The van der Waals surface area contributed by atoms with Crippen molar-refractivity contribution < 1.29 is 5.11 Å². The Morgan fingerprint density at radius 2 is 2.00 bits per heavy atom. The lowest BCUT2D eigenvalue weighted by atomic mass is 10.0. The quantitative estimate of drug-likeness (QED) is 0.693. The largest absolute Gasteiger partial charge is 0.387 e. The van der Waals surface area contributed by atoms with Gasteiger partial charge in [-0.2, -0.15) is 0 Å². The zero-order chi connectivity index (χ0) is 10.4. The standard InChI is InChI=1S/C12H17NO/c1-2-12(14)11(13)9-8-10-6-4-3-5-7-10/h2-7,11-12,14H,1,8-9,13H2/t11-,12+/m1/s1. The summed E-state index contributed by atoms with van der Waals surface area (Å²) in [5.41, 5.74) is 7.00. The van der Waals surface area contributed by atoms with Gasteiger partial charge in [0.15, 0.2) is 0 Å². The van der Waals surface area contributed by atoms with Gasteiger partial charge in [0.25, 0.3) is 0 Å². The molecular formula is C12H17NO. The van der Waals surface area contributed by atoms with Crippen molar-refractivity contribution in [3.8, 4) is 0 Å². The first kappa shape index (κ1) is 11.0. The molecule has 0 aliphatic carbocycles. The fourth-order valence-electron chi connectivity index (χ4n) is 1.32. The highest BCUT2D eigenvalue weighted by Crippen LogP contribution is 2.06. The zero-order valence-electron chi connectivity index (χ0n) is 8.26. The lowest BCUT2D eigenvalue weighted by Gasteiger charge is -2.14. The molecule has 0 fully saturated rings. The summed E-state index contributed by atoms with van der Waals surface area (Å²) in [7, 11) is 0. The second-order valence-corrected chi connectivity index (χ2v) is 3.41. The molecule has 0 bridgehead atoms. The first-order chi connectivity index (χ1) is 6.74. The van der Waals surface area contributed by atoms with Gasteiger partial charge in [-0.15, -0.1) is 6.58 Å². The molecule has 0 aromatic heterocycles. The van der Waals surface area contributed by atoms with E-state index in [1.54, 1.807) is 0 Å². The summed E-state index contributed by atoms with van der Waals surface area (Å²) in [4.78, 5) is 0. The molecule has 0 saturated carbocycles. The highest BCUT2D eigenvalue weighted by molar-refractivity contribution is 5.14. The Morgan fingerprint density at radius 3 is 2.57 bits per heavy atom. The molecule has 3 N–H and O–H groups in total. The summed E-state index contributed by atoms with van der Waals surface area (Å²) < 4.78 is 0. The van der Waals surface area contributed by atoms with E-state index >= 15 is 0 Å². The Kier molecular flexibility index (Phi) is 4.36. The van der Waals surface area contributed by atoms with E-state index in [0.717, 1.165) is 12.8 Å². The Hall–Kier alpha value is -1.12. The molecule has 2 atom stereocenters. The van der Waals surface area contributed by atoms with Crippen LogP contribution in [0.3, 0.4) is 0 Å². The van der Waals surface area contributed by atoms with Gasteiger partial charge in [0.2, 0.25) is 0 Å². The molecule has 76 valence electrons. The van der Waals surface area contributed by atoms with Crippen molar-refractivity contribution in [2.45, 2.75) is 25.0 Å². The molecule has 0 heterocycles. The molecule has 2 nitrogen and oxygen atoms in total. The SMILES string of the molecule is C=C[C@H](O)[C@H](N)CCc1ccccc1. The van der Waals surface area contributed by atoms with Crippen LogP contribution < -0.4 is 5.73 Å². The maximum Gasteiger partial charge on any atom is 0.0869 e. The number of hydrogen-bond acceptors (Lipinski definition) is 2. The molecule has 0 unspecified atom stereocenters. The topological polar surface area (TPSA) is 46.2 Å². The van der Waals surface area contributed by atoms with Crippen molar-refractivity contribution in [3.63, 3.8) is 0 Å². The predicted molar refractivity (Wildman–Crippen MR) is 58.9 cm³/mol. The average molecular weight is 191 g/mol. The van der Waals surface area contributed by atoms with Crippen LogP contribution in [0.15, 0.2) is 43.0 Å². The van der Waals surface area contributed by atoms with E-state index in [-0.39, 0.29) is 6.04 Å². The van der Waals surface area contributed by atoms with Crippen LogP contribution in [0, 0.1) is 0 Å². The lowest BCUT2D eigenvalue weighted by molar-refractivity contribution is 0.187. The van der Waals surface area contributed by atoms with Crippen molar-refractivity contribution >= 4 is 0 Å². The van der Waals surface area contributed by atoms with Crippen molar-refractivity contribution in [2.24, 2.45) is 5.73 Å². The molecule has 1 aromatic rings. The highest BCUT2D eigenvalue weighted by atomic mass is 16.3. The molecule has 0 spiro atoms. The van der Waals surface area contributed by atoms with Crippen molar-refractivity contribution in [3.05, 3.63) is 48.6 Å². The van der Waals surface area contributed by atoms with Crippen molar-refractivity contribution in [1.82, 2.24) is 0 Å². The van der Waals surface area contributed by atoms with Gasteiger partial charge in [-0.25, -0.2) is 0 Å². The van der Waals surface area contributed by atoms with Gasteiger partial charge in [0.1, 0.15) is 0 Å². The third-order valence-electron chi connectivity index (χ3n) is 2.29. The first-order valence-electron chi connectivity index (χ1n) is 4.84. The van der Waals surface area contributed by atoms with Crippen molar-refractivity contribution in [1.29, 1.82) is 0 Å². The minimum Gasteiger partial charge on any atom is -0.387 e.